The van der Waals surface area contributed by atoms with E-state index in [9.17, 15) is 9.59 Å². The van der Waals surface area contributed by atoms with Crippen molar-refractivity contribution in [3.8, 4) is 0 Å². The van der Waals surface area contributed by atoms with E-state index in [1.54, 1.807) is 6.92 Å². The van der Waals surface area contributed by atoms with Crippen LogP contribution in [0.3, 0.4) is 0 Å². The van der Waals surface area contributed by atoms with Crippen LogP contribution in [0.4, 0.5) is 5.69 Å². The van der Waals surface area contributed by atoms with Crippen molar-refractivity contribution in [1.29, 1.82) is 0 Å². The minimum Gasteiger partial charge on any atom is -0.350 e. The predicted octanol–water partition coefficient (Wildman–Crippen LogP) is 3.69. The van der Waals surface area contributed by atoms with Crippen molar-refractivity contribution in [3.05, 3.63) is 78.4 Å². The van der Waals surface area contributed by atoms with Gasteiger partial charge in [0.2, 0.25) is 5.91 Å². The molecule has 0 heterocycles. The lowest BCUT2D eigenvalue weighted by molar-refractivity contribution is -0.125. The number of carbonyl (C=O) groups is 2. The Hall–Kier alpha value is -2.88. The second-order valence-electron chi connectivity index (χ2n) is 5.92. The quantitative estimate of drug-likeness (QED) is 0.784. The molecule has 0 spiro atoms. The lowest BCUT2D eigenvalue weighted by atomic mass is 10.1. The second-order valence-corrected chi connectivity index (χ2v) is 5.92. The van der Waals surface area contributed by atoms with Crippen molar-refractivity contribution >= 4 is 17.5 Å². The molecule has 2 rings (SSSR count). The summed E-state index contributed by atoms with van der Waals surface area (Å²) in [5.41, 5.74) is 2.11. The fraction of sp³-hybridized carbons (Fsp3) is 0.238. The molecular formula is C21H24N2O2. The van der Waals surface area contributed by atoms with Gasteiger partial charge in [0.05, 0.1) is 0 Å². The van der Waals surface area contributed by atoms with Gasteiger partial charge in [0.25, 0.3) is 5.91 Å². The second kappa shape index (κ2) is 8.83. The number of nitrogens with zero attached hydrogens (tertiary/aromatic N) is 1. The number of amides is 2. The molecule has 0 aromatic heterocycles. The molecule has 2 amide bonds. The topological polar surface area (TPSA) is 49.4 Å². The van der Waals surface area contributed by atoms with Crippen LogP contribution < -0.4 is 10.2 Å². The molecule has 1 N–H and O–H groups in total. The summed E-state index contributed by atoms with van der Waals surface area (Å²) in [5.74, 6) is -0.419. The molecule has 25 heavy (non-hydrogen) atoms. The van der Waals surface area contributed by atoms with E-state index in [1.165, 1.54) is 4.90 Å². The largest absolute Gasteiger partial charge is 0.350 e. The number of hydrogen-bond donors (Lipinski definition) is 1. The predicted molar refractivity (Wildman–Crippen MR) is 101 cm³/mol. The van der Waals surface area contributed by atoms with E-state index in [4.69, 9.17) is 0 Å². The Labute approximate surface area is 149 Å². The Morgan fingerprint density at radius 1 is 1.04 bits per heavy atom. The third kappa shape index (κ3) is 4.80. The van der Waals surface area contributed by atoms with Gasteiger partial charge in [-0.3, -0.25) is 14.5 Å². The van der Waals surface area contributed by atoms with Crippen molar-refractivity contribution in [1.82, 2.24) is 5.32 Å². The summed E-state index contributed by atoms with van der Waals surface area (Å²) in [7, 11) is 0. The van der Waals surface area contributed by atoms with Gasteiger partial charge >= 0.3 is 0 Å². The SMILES string of the molecule is C=C(C)C(=O)N(c1ccccc1)C(CC)C(=O)NCc1ccccc1. The molecule has 2 aromatic rings. The van der Waals surface area contributed by atoms with Crippen LogP contribution in [0.1, 0.15) is 25.8 Å². The minimum absolute atomic E-state index is 0.176. The highest BCUT2D eigenvalue weighted by molar-refractivity contribution is 6.08. The molecule has 0 saturated carbocycles. The molecular weight excluding hydrogens is 312 g/mol. The average molecular weight is 336 g/mol. The first-order valence-electron chi connectivity index (χ1n) is 8.40. The molecule has 0 aliphatic carbocycles. The molecule has 2 aromatic carbocycles. The molecule has 0 saturated heterocycles. The first-order valence-corrected chi connectivity index (χ1v) is 8.40. The smallest absolute Gasteiger partial charge is 0.254 e. The van der Waals surface area contributed by atoms with Crippen LogP contribution in [-0.4, -0.2) is 17.9 Å². The Kier molecular flexibility index (Phi) is 6.52. The zero-order chi connectivity index (χ0) is 18.2. The fourth-order valence-corrected chi connectivity index (χ4v) is 2.62. The van der Waals surface area contributed by atoms with Gasteiger partial charge in [-0.15, -0.1) is 0 Å². The fourth-order valence-electron chi connectivity index (χ4n) is 2.62. The molecule has 0 aliphatic rings. The maximum absolute atomic E-state index is 12.8. The van der Waals surface area contributed by atoms with E-state index >= 15 is 0 Å². The third-order valence-electron chi connectivity index (χ3n) is 3.93. The standard InChI is InChI=1S/C21H24N2O2/c1-4-19(20(24)22-15-17-11-7-5-8-12-17)23(21(25)16(2)3)18-13-9-6-10-14-18/h5-14,19H,2,4,15H2,1,3H3,(H,22,24). The maximum Gasteiger partial charge on any atom is 0.254 e. The molecule has 0 radical (unpaired) electrons. The van der Waals surface area contributed by atoms with Crippen molar-refractivity contribution in [3.63, 3.8) is 0 Å². The van der Waals surface area contributed by atoms with E-state index < -0.39 is 6.04 Å². The Morgan fingerprint density at radius 2 is 1.60 bits per heavy atom. The number of nitrogens with one attached hydrogen (secondary N) is 1. The van der Waals surface area contributed by atoms with Crippen LogP contribution in [0.15, 0.2) is 72.8 Å². The van der Waals surface area contributed by atoms with Gasteiger partial charge in [-0.2, -0.15) is 0 Å². The van der Waals surface area contributed by atoms with E-state index in [0.717, 1.165) is 5.56 Å². The summed E-state index contributed by atoms with van der Waals surface area (Å²) in [5, 5.41) is 2.93. The monoisotopic (exact) mass is 336 g/mol. The first kappa shape index (κ1) is 18.5. The normalized spacial score (nSPS) is 11.4. The van der Waals surface area contributed by atoms with E-state index in [0.29, 0.717) is 24.2 Å². The number of hydrogen-bond acceptors (Lipinski definition) is 2. The summed E-state index contributed by atoms with van der Waals surface area (Å²) in [6.45, 7) is 7.74. The van der Waals surface area contributed by atoms with Crippen molar-refractivity contribution < 1.29 is 9.59 Å². The van der Waals surface area contributed by atoms with Crippen molar-refractivity contribution in [2.24, 2.45) is 0 Å². The van der Waals surface area contributed by atoms with Gasteiger partial charge in [0, 0.05) is 17.8 Å². The molecule has 0 aliphatic heterocycles. The van der Waals surface area contributed by atoms with Crippen LogP contribution in [0.25, 0.3) is 0 Å². The van der Waals surface area contributed by atoms with Gasteiger partial charge in [-0.1, -0.05) is 62.0 Å². The average Bonchev–Trinajstić information content (AvgIpc) is 2.65. The van der Waals surface area contributed by atoms with Gasteiger partial charge in [-0.25, -0.2) is 0 Å². The Bertz CT molecular complexity index is 726. The molecule has 130 valence electrons. The first-order chi connectivity index (χ1) is 12.0. The van der Waals surface area contributed by atoms with E-state index in [-0.39, 0.29) is 11.8 Å². The van der Waals surface area contributed by atoms with E-state index in [1.807, 2.05) is 67.6 Å². The molecule has 1 unspecified atom stereocenters. The maximum atomic E-state index is 12.8. The van der Waals surface area contributed by atoms with Crippen LogP contribution in [0.5, 0.6) is 0 Å². The number of benzene rings is 2. The van der Waals surface area contributed by atoms with Crippen LogP contribution in [0.2, 0.25) is 0 Å². The van der Waals surface area contributed by atoms with Crippen LogP contribution >= 0.6 is 0 Å². The highest BCUT2D eigenvalue weighted by atomic mass is 16.2. The summed E-state index contributed by atoms with van der Waals surface area (Å²) in [6, 6.07) is 18.3. The summed E-state index contributed by atoms with van der Waals surface area (Å²) in [4.78, 5) is 27.0. The van der Waals surface area contributed by atoms with Gasteiger partial charge in [0.1, 0.15) is 6.04 Å². The number of para-hydroxylation sites is 1. The molecule has 4 nitrogen and oxygen atoms in total. The molecule has 0 bridgehead atoms. The zero-order valence-corrected chi connectivity index (χ0v) is 14.7. The zero-order valence-electron chi connectivity index (χ0n) is 14.7. The number of carbonyl (C=O) groups excluding carboxylic acids is 2. The highest BCUT2D eigenvalue weighted by Crippen LogP contribution is 2.21. The lowest BCUT2D eigenvalue weighted by Crippen LogP contribution is -2.49. The van der Waals surface area contributed by atoms with Crippen LogP contribution in [0, 0.1) is 0 Å². The van der Waals surface area contributed by atoms with Gasteiger partial charge in [-0.05, 0) is 31.0 Å². The number of anilines is 1. The van der Waals surface area contributed by atoms with Crippen LogP contribution in [-0.2, 0) is 16.1 Å². The number of rotatable bonds is 7. The lowest BCUT2D eigenvalue weighted by Gasteiger charge is -2.30. The highest BCUT2D eigenvalue weighted by Gasteiger charge is 2.29. The Balaban J connectivity index is 2.21. The van der Waals surface area contributed by atoms with Crippen molar-refractivity contribution in [2.75, 3.05) is 4.90 Å². The summed E-state index contributed by atoms with van der Waals surface area (Å²) in [6.07, 6.45) is 0.508. The van der Waals surface area contributed by atoms with E-state index in [2.05, 4.69) is 11.9 Å². The van der Waals surface area contributed by atoms with Gasteiger partial charge in [0.15, 0.2) is 0 Å². The minimum atomic E-state index is -0.588. The molecule has 4 heteroatoms. The summed E-state index contributed by atoms with van der Waals surface area (Å²) < 4.78 is 0. The molecule has 1 atom stereocenters. The third-order valence-corrected chi connectivity index (χ3v) is 3.93. The van der Waals surface area contributed by atoms with Crippen molar-refractivity contribution in [2.45, 2.75) is 32.9 Å². The summed E-state index contributed by atoms with van der Waals surface area (Å²) >= 11 is 0. The molecule has 0 fully saturated rings. The Morgan fingerprint density at radius 3 is 2.12 bits per heavy atom. The van der Waals surface area contributed by atoms with Gasteiger partial charge < -0.3 is 5.32 Å².